The van der Waals surface area contributed by atoms with Crippen molar-refractivity contribution in [3.63, 3.8) is 0 Å². The van der Waals surface area contributed by atoms with Gasteiger partial charge in [0.2, 0.25) is 5.91 Å². The minimum atomic E-state index is -0.351. The molecule has 0 bridgehead atoms. The summed E-state index contributed by atoms with van der Waals surface area (Å²) < 4.78 is 5.51. The molecule has 4 nitrogen and oxygen atoms in total. The summed E-state index contributed by atoms with van der Waals surface area (Å²) in [6, 6.07) is 9.92. The van der Waals surface area contributed by atoms with Crippen molar-refractivity contribution < 1.29 is 9.53 Å². The number of rotatable bonds is 8. The number of amides is 1. The standard InChI is InChI=1S/C16H26N2O2/c1-13(2)16(3,12-17)18-15(19)9-10-20-11-14-7-5-4-6-8-14/h4-8,13H,9-12,17H2,1-3H3,(H,18,19). The molecular formula is C16H26N2O2. The average Bonchev–Trinajstić information content (AvgIpc) is 2.44. The topological polar surface area (TPSA) is 64.3 Å². The van der Waals surface area contributed by atoms with Crippen molar-refractivity contribution >= 4 is 5.91 Å². The van der Waals surface area contributed by atoms with E-state index in [9.17, 15) is 4.79 Å². The molecular weight excluding hydrogens is 252 g/mol. The van der Waals surface area contributed by atoms with Gasteiger partial charge < -0.3 is 15.8 Å². The highest BCUT2D eigenvalue weighted by atomic mass is 16.5. The molecule has 1 unspecified atom stereocenters. The normalized spacial score (nSPS) is 14.1. The molecule has 0 saturated heterocycles. The third kappa shape index (κ3) is 5.31. The molecule has 112 valence electrons. The maximum absolute atomic E-state index is 11.9. The fraction of sp³-hybridized carbons (Fsp3) is 0.562. The van der Waals surface area contributed by atoms with Gasteiger partial charge in [-0.2, -0.15) is 0 Å². The van der Waals surface area contributed by atoms with Crippen LogP contribution in [-0.4, -0.2) is 24.6 Å². The Morgan fingerprint density at radius 3 is 2.55 bits per heavy atom. The Labute approximate surface area is 121 Å². The lowest BCUT2D eigenvalue weighted by Crippen LogP contribution is -2.55. The zero-order valence-electron chi connectivity index (χ0n) is 12.7. The van der Waals surface area contributed by atoms with Crippen LogP contribution in [0.3, 0.4) is 0 Å². The van der Waals surface area contributed by atoms with E-state index in [1.807, 2.05) is 37.3 Å². The maximum atomic E-state index is 11.9. The Kier molecular flexibility index (Phi) is 6.68. The minimum Gasteiger partial charge on any atom is -0.376 e. The highest BCUT2D eigenvalue weighted by molar-refractivity contribution is 5.76. The second-order valence-corrected chi connectivity index (χ2v) is 5.61. The summed E-state index contributed by atoms with van der Waals surface area (Å²) in [5, 5.41) is 3.00. The number of nitrogens with one attached hydrogen (secondary N) is 1. The molecule has 1 aromatic rings. The maximum Gasteiger partial charge on any atom is 0.222 e. The Hall–Kier alpha value is -1.39. The highest BCUT2D eigenvalue weighted by Crippen LogP contribution is 2.14. The van der Waals surface area contributed by atoms with Crippen LogP contribution in [0.25, 0.3) is 0 Å². The van der Waals surface area contributed by atoms with Crippen LogP contribution in [0.15, 0.2) is 30.3 Å². The van der Waals surface area contributed by atoms with Crippen molar-refractivity contribution in [1.29, 1.82) is 0 Å². The van der Waals surface area contributed by atoms with Gasteiger partial charge in [0.05, 0.1) is 18.8 Å². The Morgan fingerprint density at radius 2 is 2.00 bits per heavy atom. The molecule has 1 atom stereocenters. The molecule has 4 heteroatoms. The number of ether oxygens (including phenoxy) is 1. The second-order valence-electron chi connectivity index (χ2n) is 5.61. The van der Waals surface area contributed by atoms with Crippen LogP contribution in [0.1, 0.15) is 32.8 Å². The molecule has 0 aliphatic rings. The van der Waals surface area contributed by atoms with Crippen molar-refractivity contribution in [2.75, 3.05) is 13.2 Å². The SMILES string of the molecule is CC(C)C(C)(CN)NC(=O)CCOCc1ccccc1. The van der Waals surface area contributed by atoms with E-state index >= 15 is 0 Å². The number of carbonyl (C=O) groups is 1. The molecule has 0 fully saturated rings. The molecule has 20 heavy (non-hydrogen) atoms. The summed E-state index contributed by atoms with van der Waals surface area (Å²) in [5.74, 6) is 0.279. The molecule has 1 aromatic carbocycles. The first-order valence-electron chi connectivity index (χ1n) is 7.10. The zero-order valence-corrected chi connectivity index (χ0v) is 12.7. The van der Waals surface area contributed by atoms with Crippen molar-refractivity contribution in [3.05, 3.63) is 35.9 Å². The summed E-state index contributed by atoms with van der Waals surface area (Å²) >= 11 is 0. The van der Waals surface area contributed by atoms with Crippen molar-refractivity contribution in [2.24, 2.45) is 11.7 Å². The Bertz CT molecular complexity index is 406. The first-order valence-corrected chi connectivity index (χ1v) is 7.10. The van der Waals surface area contributed by atoms with Crippen molar-refractivity contribution in [1.82, 2.24) is 5.32 Å². The van der Waals surface area contributed by atoms with Crippen molar-refractivity contribution in [3.8, 4) is 0 Å². The van der Waals surface area contributed by atoms with Crippen LogP contribution in [0.4, 0.5) is 0 Å². The lowest BCUT2D eigenvalue weighted by molar-refractivity contribution is -0.124. The van der Waals surface area contributed by atoms with Gasteiger partial charge in [-0.1, -0.05) is 44.2 Å². The zero-order chi connectivity index (χ0) is 15.0. The predicted octanol–water partition coefficient (Wildman–Crippen LogP) is 2.08. The lowest BCUT2D eigenvalue weighted by atomic mass is 9.88. The summed E-state index contributed by atoms with van der Waals surface area (Å²) in [4.78, 5) is 11.9. The molecule has 0 spiro atoms. The van der Waals surface area contributed by atoms with Gasteiger partial charge in [-0.25, -0.2) is 0 Å². The molecule has 0 aromatic heterocycles. The largest absolute Gasteiger partial charge is 0.376 e. The molecule has 1 amide bonds. The summed E-state index contributed by atoms with van der Waals surface area (Å²) in [7, 11) is 0. The Morgan fingerprint density at radius 1 is 1.35 bits per heavy atom. The number of benzene rings is 1. The number of nitrogens with two attached hydrogens (primary N) is 1. The van der Waals surface area contributed by atoms with Gasteiger partial charge in [0.15, 0.2) is 0 Å². The van der Waals surface area contributed by atoms with E-state index in [1.165, 1.54) is 0 Å². The fourth-order valence-electron chi connectivity index (χ4n) is 1.74. The summed E-state index contributed by atoms with van der Waals surface area (Å²) in [6.45, 7) is 7.46. The molecule has 1 rings (SSSR count). The lowest BCUT2D eigenvalue weighted by Gasteiger charge is -2.33. The van der Waals surface area contributed by atoms with Gasteiger partial charge >= 0.3 is 0 Å². The smallest absolute Gasteiger partial charge is 0.222 e. The molecule has 0 radical (unpaired) electrons. The van der Waals surface area contributed by atoms with Crippen LogP contribution in [0.5, 0.6) is 0 Å². The third-order valence-electron chi connectivity index (χ3n) is 3.71. The molecule has 0 saturated carbocycles. The van der Waals surface area contributed by atoms with E-state index in [-0.39, 0.29) is 11.4 Å². The average molecular weight is 278 g/mol. The molecule has 3 N–H and O–H groups in total. The second kappa shape index (κ2) is 8.02. The van der Waals surface area contributed by atoms with Crippen LogP contribution in [0.2, 0.25) is 0 Å². The van der Waals surface area contributed by atoms with Crippen LogP contribution < -0.4 is 11.1 Å². The van der Waals surface area contributed by atoms with Crippen LogP contribution in [-0.2, 0) is 16.1 Å². The Balaban J connectivity index is 2.27. The van der Waals surface area contributed by atoms with Crippen molar-refractivity contribution in [2.45, 2.75) is 39.3 Å². The van der Waals surface area contributed by atoms with E-state index in [0.717, 1.165) is 5.56 Å². The van der Waals surface area contributed by atoms with Gasteiger partial charge in [0, 0.05) is 13.0 Å². The van der Waals surface area contributed by atoms with E-state index in [4.69, 9.17) is 10.5 Å². The third-order valence-corrected chi connectivity index (χ3v) is 3.71. The van der Waals surface area contributed by atoms with Crippen LogP contribution >= 0.6 is 0 Å². The van der Waals surface area contributed by atoms with Gasteiger partial charge in [-0.05, 0) is 18.4 Å². The number of carbonyl (C=O) groups excluding carboxylic acids is 1. The molecule has 0 aliphatic carbocycles. The van der Waals surface area contributed by atoms with E-state index < -0.39 is 0 Å². The first-order chi connectivity index (χ1) is 9.48. The molecule has 0 heterocycles. The predicted molar refractivity (Wildman–Crippen MR) is 81.2 cm³/mol. The summed E-state index contributed by atoms with van der Waals surface area (Å²) in [5.41, 5.74) is 6.50. The number of hydrogen-bond acceptors (Lipinski definition) is 3. The van der Waals surface area contributed by atoms with Crippen LogP contribution in [0, 0.1) is 5.92 Å². The van der Waals surface area contributed by atoms with E-state index in [2.05, 4.69) is 19.2 Å². The van der Waals surface area contributed by atoms with Gasteiger partial charge in [0.25, 0.3) is 0 Å². The van der Waals surface area contributed by atoms with Gasteiger partial charge in [-0.15, -0.1) is 0 Å². The monoisotopic (exact) mass is 278 g/mol. The number of hydrogen-bond donors (Lipinski definition) is 2. The van der Waals surface area contributed by atoms with Gasteiger partial charge in [0.1, 0.15) is 0 Å². The summed E-state index contributed by atoms with van der Waals surface area (Å²) in [6.07, 6.45) is 0.356. The van der Waals surface area contributed by atoms with E-state index in [1.54, 1.807) is 0 Å². The first kappa shape index (κ1) is 16.7. The van der Waals surface area contributed by atoms with E-state index in [0.29, 0.717) is 32.1 Å². The van der Waals surface area contributed by atoms with Gasteiger partial charge in [-0.3, -0.25) is 4.79 Å². The fourth-order valence-corrected chi connectivity index (χ4v) is 1.74. The highest BCUT2D eigenvalue weighted by Gasteiger charge is 2.28. The molecule has 0 aliphatic heterocycles. The quantitative estimate of drug-likeness (QED) is 0.716. The minimum absolute atomic E-state index is 0.0142.